The molecule has 3 aromatic rings. The van der Waals surface area contributed by atoms with Crippen LogP contribution in [0.2, 0.25) is 0 Å². The number of hydrogen-bond donors (Lipinski definition) is 2. The molecule has 154 valence electrons. The molecular weight excluding hydrogens is 374 g/mol. The van der Waals surface area contributed by atoms with E-state index in [4.69, 9.17) is 0 Å². The largest absolute Gasteiger partial charge is 0.385 e. The number of pyridine rings is 2. The summed E-state index contributed by atoms with van der Waals surface area (Å²) in [5.41, 5.74) is 4.39. The summed E-state index contributed by atoms with van der Waals surface area (Å²) in [5.74, 6) is 0.665. The number of aromatic nitrogens is 2. The van der Waals surface area contributed by atoms with Gasteiger partial charge in [-0.3, -0.25) is 9.78 Å². The third-order valence-electron chi connectivity index (χ3n) is 5.24. The van der Waals surface area contributed by atoms with Crippen molar-refractivity contribution in [2.24, 2.45) is 0 Å². The van der Waals surface area contributed by atoms with Crippen molar-refractivity contribution in [3.63, 3.8) is 0 Å². The summed E-state index contributed by atoms with van der Waals surface area (Å²) in [6, 6.07) is 17.5. The predicted molar refractivity (Wildman–Crippen MR) is 121 cm³/mol. The minimum absolute atomic E-state index is 0.125. The number of nitrogens with zero attached hydrogens (tertiary/aromatic N) is 3. The molecule has 0 saturated carbocycles. The average Bonchev–Trinajstić information content (AvgIpc) is 3.30. The Kier molecular flexibility index (Phi) is 6.23. The topological polar surface area (TPSA) is 70.2 Å². The molecule has 0 aliphatic carbocycles. The van der Waals surface area contributed by atoms with Crippen molar-refractivity contribution in [2.75, 3.05) is 35.2 Å². The minimum Gasteiger partial charge on any atom is -0.385 e. The van der Waals surface area contributed by atoms with Gasteiger partial charge in [0.05, 0.1) is 5.56 Å². The standard InChI is InChI=1S/C24H27N5O/c1-18-7-12-22(23(27-18)29-16-4-5-17-29)24(30)28-21-10-8-20(9-11-21)26-15-13-19-6-2-3-14-25-19/h2-3,6-12,14,26H,4-5,13,15-17H2,1H3,(H,28,30). The van der Waals surface area contributed by atoms with Crippen LogP contribution < -0.4 is 15.5 Å². The Balaban J connectivity index is 1.37. The SMILES string of the molecule is Cc1ccc(C(=O)Nc2ccc(NCCc3ccccn3)cc2)c(N2CCCC2)n1. The molecule has 2 aromatic heterocycles. The summed E-state index contributed by atoms with van der Waals surface area (Å²) in [6.45, 7) is 4.67. The van der Waals surface area contributed by atoms with Crippen molar-refractivity contribution in [1.29, 1.82) is 0 Å². The molecule has 1 amide bonds. The molecule has 1 saturated heterocycles. The van der Waals surface area contributed by atoms with Crippen LogP contribution in [0.25, 0.3) is 0 Å². The molecule has 2 N–H and O–H groups in total. The van der Waals surface area contributed by atoms with Crippen LogP contribution in [0.1, 0.15) is 34.6 Å². The number of nitrogens with one attached hydrogen (secondary N) is 2. The Morgan fingerprint density at radius 1 is 1.00 bits per heavy atom. The van der Waals surface area contributed by atoms with Gasteiger partial charge in [0.2, 0.25) is 0 Å². The van der Waals surface area contributed by atoms with Crippen molar-refractivity contribution >= 4 is 23.1 Å². The molecular formula is C24H27N5O. The van der Waals surface area contributed by atoms with Gasteiger partial charge >= 0.3 is 0 Å². The van der Waals surface area contributed by atoms with Gasteiger partial charge in [0, 0.05) is 55.0 Å². The number of rotatable bonds is 7. The number of anilines is 3. The van der Waals surface area contributed by atoms with Gasteiger partial charge in [-0.15, -0.1) is 0 Å². The van der Waals surface area contributed by atoms with Crippen molar-refractivity contribution in [3.8, 4) is 0 Å². The molecule has 1 fully saturated rings. The van der Waals surface area contributed by atoms with Crippen LogP contribution in [-0.4, -0.2) is 35.5 Å². The highest BCUT2D eigenvalue weighted by atomic mass is 16.1. The second-order valence-electron chi connectivity index (χ2n) is 7.55. The summed E-state index contributed by atoms with van der Waals surface area (Å²) in [4.78, 5) is 24.1. The van der Waals surface area contributed by atoms with E-state index in [9.17, 15) is 4.79 Å². The van der Waals surface area contributed by atoms with Gasteiger partial charge in [-0.1, -0.05) is 6.07 Å². The molecule has 0 bridgehead atoms. The fraction of sp³-hybridized carbons (Fsp3) is 0.292. The maximum Gasteiger partial charge on any atom is 0.259 e. The van der Waals surface area contributed by atoms with E-state index in [-0.39, 0.29) is 5.91 Å². The second-order valence-corrected chi connectivity index (χ2v) is 7.55. The van der Waals surface area contributed by atoms with Gasteiger partial charge < -0.3 is 15.5 Å². The van der Waals surface area contributed by atoms with Gasteiger partial charge in [-0.25, -0.2) is 4.98 Å². The molecule has 4 rings (SSSR count). The molecule has 0 spiro atoms. The second kappa shape index (κ2) is 9.39. The van der Waals surface area contributed by atoms with Crippen LogP contribution in [0.5, 0.6) is 0 Å². The fourth-order valence-electron chi connectivity index (χ4n) is 3.64. The van der Waals surface area contributed by atoms with Crippen LogP contribution in [0.15, 0.2) is 60.8 Å². The third kappa shape index (κ3) is 4.95. The van der Waals surface area contributed by atoms with Crippen LogP contribution in [0, 0.1) is 6.92 Å². The Hall–Kier alpha value is -3.41. The van der Waals surface area contributed by atoms with Gasteiger partial charge in [0.25, 0.3) is 5.91 Å². The Labute approximate surface area is 177 Å². The van der Waals surface area contributed by atoms with E-state index in [0.29, 0.717) is 5.56 Å². The summed E-state index contributed by atoms with van der Waals surface area (Å²) in [5, 5.41) is 6.40. The maximum absolute atomic E-state index is 12.9. The van der Waals surface area contributed by atoms with E-state index in [2.05, 4.69) is 25.5 Å². The van der Waals surface area contributed by atoms with E-state index in [1.807, 2.05) is 67.7 Å². The van der Waals surface area contributed by atoms with Crippen molar-refractivity contribution in [1.82, 2.24) is 9.97 Å². The molecule has 30 heavy (non-hydrogen) atoms. The lowest BCUT2D eigenvalue weighted by Crippen LogP contribution is -2.24. The van der Waals surface area contributed by atoms with Crippen LogP contribution >= 0.6 is 0 Å². The van der Waals surface area contributed by atoms with E-state index in [1.165, 1.54) is 0 Å². The first-order chi connectivity index (χ1) is 14.7. The average molecular weight is 402 g/mol. The lowest BCUT2D eigenvalue weighted by Gasteiger charge is -2.20. The summed E-state index contributed by atoms with van der Waals surface area (Å²) in [6.07, 6.45) is 4.96. The van der Waals surface area contributed by atoms with E-state index in [1.54, 1.807) is 0 Å². The molecule has 1 aliphatic heterocycles. The normalized spacial score (nSPS) is 13.3. The fourth-order valence-corrected chi connectivity index (χ4v) is 3.64. The number of carbonyl (C=O) groups excluding carboxylic acids is 1. The molecule has 0 radical (unpaired) electrons. The highest BCUT2D eigenvalue weighted by molar-refractivity contribution is 6.07. The summed E-state index contributed by atoms with van der Waals surface area (Å²) >= 11 is 0. The first kappa shape index (κ1) is 19.9. The number of amides is 1. The zero-order chi connectivity index (χ0) is 20.8. The highest BCUT2D eigenvalue weighted by Crippen LogP contribution is 2.24. The van der Waals surface area contributed by atoms with Crippen molar-refractivity contribution in [3.05, 3.63) is 77.7 Å². The number of hydrogen-bond acceptors (Lipinski definition) is 5. The number of aryl methyl sites for hydroxylation is 1. The first-order valence-electron chi connectivity index (χ1n) is 10.5. The molecule has 0 unspecified atom stereocenters. The zero-order valence-corrected chi connectivity index (χ0v) is 17.3. The van der Waals surface area contributed by atoms with Crippen molar-refractivity contribution < 1.29 is 4.79 Å². The zero-order valence-electron chi connectivity index (χ0n) is 17.3. The van der Waals surface area contributed by atoms with Gasteiger partial charge in [-0.05, 0) is 68.3 Å². The maximum atomic E-state index is 12.9. The minimum atomic E-state index is -0.125. The molecule has 6 heteroatoms. The molecule has 0 atom stereocenters. The van der Waals surface area contributed by atoms with E-state index >= 15 is 0 Å². The molecule has 1 aliphatic rings. The van der Waals surface area contributed by atoms with Crippen LogP contribution in [0.4, 0.5) is 17.2 Å². The molecule has 3 heterocycles. The van der Waals surface area contributed by atoms with E-state index in [0.717, 1.165) is 67.5 Å². The van der Waals surface area contributed by atoms with Gasteiger partial charge in [0.1, 0.15) is 5.82 Å². The number of carbonyl (C=O) groups is 1. The van der Waals surface area contributed by atoms with Crippen molar-refractivity contribution in [2.45, 2.75) is 26.2 Å². The summed E-state index contributed by atoms with van der Waals surface area (Å²) in [7, 11) is 0. The smallest absolute Gasteiger partial charge is 0.259 e. The van der Waals surface area contributed by atoms with Crippen LogP contribution in [0.3, 0.4) is 0 Å². The third-order valence-corrected chi connectivity index (χ3v) is 5.24. The quantitative estimate of drug-likeness (QED) is 0.618. The van der Waals surface area contributed by atoms with E-state index < -0.39 is 0 Å². The lowest BCUT2D eigenvalue weighted by atomic mass is 10.2. The highest BCUT2D eigenvalue weighted by Gasteiger charge is 2.21. The number of benzene rings is 1. The molecule has 1 aromatic carbocycles. The lowest BCUT2D eigenvalue weighted by molar-refractivity contribution is 0.102. The monoisotopic (exact) mass is 401 g/mol. The molecule has 6 nitrogen and oxygen atoms in total. The van der Waals surface area contributed by atoms with Gasteiger partial charge in [-0.2, -0.15) is 0 Å². The summed E-state index contributed by atoms with van der Waals surface area (Å²) < 4.78 is 0. The van der Waals surface area contributed by atoms with Crippen LogP contribution in [-0.2, 0) is 6.42 Å². The first-order valence-corrected chi connectivity index (χ1v) is 10.5. The predicted octanol–water partition coefficient (Wildman–Crippen LogP) is 4.29. The Morgan fingerprint density at radius 3 is 2.50 bits per heavy atom. The van der Waals surface area contributed by atoms with Gasteiger partial charge in [0.15, 0.2) is 0 Å². The Bertz CT molecular complexity index is 982. The Morgan fingerprint density at radius 2 is 1.77 bits per heavy atom.